The average Bonchev–Trinajstić information content (AvgIpc) is 3.48. The van der Waals surface area contributed by atoms with Gasteiger partial charge in [-0.1, -0.05) is 36.4 Å². The van der Waals surface area contributed by atoms with Crippen LogP contribution in [0.2, 0.25) is 0 Å². The first kappa shape index (κ1) is 21.6. The SMILES string of the molecule is CC(c1nnc(SCC(=O)N(C)Cc2ccco2)n1-c1ccccc1)N1CCCCC1. The molecule has 1 aliphatic rings. The van der Waals surface area contributed by atoms with Crippen LogP contribution >= 0.6 is 11.8 Å². The number of furan rings is 1. The van der Waals surface area contributed by atoms with Gasteiger partial charge < -0.3 is 9.32 Å². The van der Waals surface area contributed by atoms with Crippen molar-refractivity contribution in [2.75, 3.05) is 25.9 Å². The monoisotopic (exact) mass is 439 g/mol. The molecule has 0 spiro atoms. The molecule has 1 atom stereocenters. The minimum Gasteiger partial charge on any atom is -0.467 e. The number of hydrogen-bond acceptors (Lipinski definition) is 6. The van der Waals surface area contributed by atoms with Crippen LogP contribution in [-0.4, -0.2) is 56.4 Å². The lowest BCUT2D eigenvalue weighted by atomic mass is 10.1. The molecule has 3 heterocycles. The highest BCUT2D eigenvalue weighted by Gasteiger charge is 2.26. The van der Waals surface area contributed by atoms with E-state index >= 15 is 0 Å². The predicted molar refractivity (Wildman–Crippen MR) is 121 cm³/mol. The minimum atomic E-state index is 0.0228. The van der Waals surface area contributed by atoms with Gasteiger partial charge in [-0.05, 0) is 57.1 Å². The maximum absolute atomic E-state index is 12.7. The number of benzene rings is 1. The normalized spacial score (nSPS) is 15.7. The number of likely N-dealkylation sites (tertiary alicyclic amines) is 1. The molecule has 164 valence electrons. The van der Waals surface area contributed by atoms with Gasteiger partial charge in [0.2, 0.25) is 5.91 Å². The Balaban J connectivity index is 1.51. The van der Waals surface area contributed by atoms with Crippen LogP contribution in [0.3, 0.4) is 0 Å². The molecular weight excluding hydrogens is 410 g/mol. The molecule has 2 aromatic heterocycles. The third kappa shape index (κ3) is 5.19. The molecule has 0 aliphatic carbocycles. The molecule has 31 heavy (non-hydrogen) atoms. The Kier molecular flexibility index (Phi) is 7.09. The lowest BCUT2D eigenvalue weighted by molar-refractivity contribution is -0.127. The fourth-order valence-corrected chi connectivity index (χ4v) is 4.79. The van der Waals surface area contributed by atoms with Gasteiger partial charge in [0.05, 0.1) is 24.6 Å². The number of para-hydroxylation sites is 1. The first-order valence-corrected chi connectivity index (χ1v) is 11.8. The molecule has 0 N–H and O–H groups in total. The van der Waals surface area contributed by atoms with Gasteiger partial charge in [-0.25, -0.2) is 0 Å². The van der Waals surface area contributed by atoms with Gasteiger partial charge in [0, 0.05) is 12.7 Å². The molecule has 1 unspecified atom stereocenters. The van der Waals surface area contributed by atoms with Crippen molar-refractivity contribution < 1.29 is 9.21 Å². The lowest BCUT2D eigenvalue weighted by Gasteiger charge is -2.31. The van der Waals surface area contributed by atoms with Crippen molar-refractivity contribution in [2.45, 2.75) is 43.9 Å². The molecule has 0 saturated carbocycles. The molecule has 1 saturated heterocycles. The summed E-state index contributed by atoms with van der Waals surface area (Å²) in [5, 5.41) is 9.78. The maximum Gasteiger partial charge on any atom is 0.233 e. The molecular formula is C23H29N5O2S. The van der Waals surface area contributed by atoms with Crippen molar-refractivity contribution >= 4 is 17.7 Å². The highest BCUT2D eigenvalue weighted by atomic mass is 32.2. The summed E-state index contributed by atoms with van der Waals surface area (Å²) in [6.45, 7) is 4.82. The van der Waals surface area contributed by atoms with E-state index in [0.29, 0.717) is 12.3 Å². The van der Waals surface area contributed by atoms with E-state index in [1.165, 1.54) is 31.0 Å². The van der Waals surface area contributed by atoms with E-state index in [4.69, 9.17) is 4.42 Å². The molecule has 1 aliphatic heterocycles. The Morgan fingerprint density at radius 1 is 1.13 bits per heavy atom. The maximum atomic E-state index is 12.7. The van der Waals surface area contributed by atoms with Crippen molar-refractivity contribution in [3.63, 3.8) is 0 Å². The molecule has 3 aromatic rings. The Morgan fingerprint density at radius 2 is 1.90 bits per heavy atom. The van der Waals surface area contributed by atoms with Crippen LogP contribution in [0.4, 0.5) is 0 Å². The summed E-state index contributed by atoms with van der Waals surface area (Å²) in [7, 11) is 1.79. The van der Waals surface area contributed by atoms with Crippen molar-refractivity contribution in [3.05, 3.63) is 60.3 Å². The van der Waals surface area contributed by atoms with Gasteiger partial charge in [-0.2, -0.15) is 0 Å². The van der Waals surface area contributed by atoms with Gasteiger partial charge in [-0.3, -0.25) is 14.3 Å². The fourth-order valence-electron chi connectivity index (χ4n) is 3.89. The first-order valence-electron chi connectivity index (χ1n) is 10.8. The lowest BCUT2D eigenvalue weighted by Crippen LogP contribution is -2.33. The van der Waals surface area contributed by atoms with E-state index in [2.05, 4.69) is 38.7 Å². The molecule has 0 bridgehead atoms. The van der Waals surface area contributed by atoms with Crippen LogP contribution in [0.25, 0.3) is 5.69 Å². The van der Waals surface area contributed by atoms with Crippen molar-refractivity contribution in [3.8, 4) is 5.69 Å². The first-order chi connectivity index (χ1) is 15.1. The van der Waals surface area contributed by atoms with Crippen molar-refractivity contribution in [1.29, 1.82) is 0 Å². The van der Waals surface area contributed by atoms with Crippen LogP contribution in [0.1, 0.15) is 43.8 Å². The average molecular weight is 440 g/mol. The number of piperidine rings is 1. The highest BCUT2D eigenvalue weighted by molar-refractivity contribution is 7.99. The highest BCUT2D eigenvalue weighted by Crippen LogP contribution is 2.29. The number of carbonyl (C=O) groups is 1. The van der Waals surface area contributed by atoms with E-state index < -0.39 is 0 Å². The number of thioether (sulfide) groups is 1. The fraction of sp³-hybridized carbons (Fsp3) is 0.435. The molecule has 7 nitrogen and oxygen atoms in total. The summed E-state index contributed by atoms with van der Waals surface area (Å²) in [4.78, 5) is 16.8. The zero-order valence-corrected chi connectivity index (χ0v) is 18.9. The van der Waals surface area contributed by atoms with E-state index in [1.807, 2.05) is 30.3 Å². The van der Waals surface area contributed by atoms with Crippen LogP contribution in [0.5, 0.6) is 0 Å². The van der Waals surface area contributed by atoms with Crippen molar-refractivity contribution in [1.82, 2.24) is 24.6 Å². The molecule has 1 amide bonds. The van der Waals surface area contributed by atoms with Gasteiger partial charge >= 0.3 is 0 Å². The molecule has 0 radical (unpaired) electrons. The molecule has 4 rings (SSSR count). The molecule has 1 fully saturated rings. The summed E-state index contributed by atoms with van der Waals surface area (Å²) < 4.78 is 7.45. The van der Waals surface area contributed by atoms with Gasteiger partial charge in [0.25, 0.3) is 0 Å². The van der Waals surface area contributed by atoms with Gasteiger partial charge in [0.1, 0.15) is 5.76 Å². The minimum absolute atomic E-state index is 0.0228. The second-order valence-electron chi connectivity index (χ2n) is 7.90. The summed E-state index contributed by atoms with van der Waals surface area (Å²) in [6.07, 6.45) is 5.36. The summed E-state index contributed by atoms with van der Waals surface area (Å²) in [6, 6.07) is 14.0. The molecule has 1 aromatic carbocycles. The third-order valence-corrected chi connectivity index (χ3v) is 6.62. The second-order valence-corrected chi connectivity index (χ2v) is 8.84. The Morgan fingerprint density at radius 3 is 2.61 bits per heavy atom. The van der Waals surface area contributed by atoms with Crippen molar-refractivity contribution in [2.24, 2.45) is 0 Å². The topological polar surface area (TPSA) is 67.4 Å². The predicted octanol–water partition coefficient (Wildman–Crippen LogP) is 4.16. The van der Waals surface area contributed by atoms with E-state index in [0.717, 1.165) is 35.5 Å². The number of amides is 1. The van der Waals surface area contributed by atoms with Gasteiger partial charge in [-0.15, -0.1) is 10.2 Å². The third-order valence-electron chi connectivity index (χ3n) is 5.71. The summed E-state index contributed by atoms with van der Waals surface area (Å²) >= 11 is 1.42. The number of hydrogen-bond donors (Lipinski definition) is 0. The van der Waals surface area contributed by atoms with E-state index in [9.17, 15) is 4.79 Å². The largest absolute Gasteiger partial charge is 0.467 e. The van der Waals surface area contributed by atoms with E-state index in [1.54, 1.807) is 18.2 Å². The summed E-state index contributed by atoms with van der Waals surface area (Å²) in [5.74, 6) is 2.01. The zero-order chi connectivity index (χ0) is 21.6. The number of aromatic nitrogens is 3. The Labute approximate surface area is 187 Å². The van der Waals surface area contributed by atoms with Crippen LogP contribution in [-0.2, 0) is 11.3 Å². The molecule has 8 heteroatoms. The van der Waals surface area contributed by atoms with Crippen LogP contribution in [0, 0.1) is 0 Å². The smallest absolute Gasteiger partial charge is 0.233 e. The van der Waals surface area contributed by atoms with E-state index in [-0.39, 0.29) is 11.9 Å². The quantitative estimate of drug-likeness (QED) is 0.491. The standard InChI is InChI=1S/C23H29N5O2S/c1-18(27-13-7-4-8-14-27)22-24-25-23(28(22)19-10-5-3-6-11-19)31-17-21(29)26(2)16-20-12-9-15-30-20/h3,5-6,9-12,15,18H,4,7-8,13-14,16-17H2,1-2H3. The zero-order valence-electron chi connectivity index (χ0n) is 18.1. The Bertz CT molecular complexity index is 967. The van der Waals surface area contributed by atoms with Crippen LogP contribution < -0.4 is 0 Å². The summed E-state index contributed by atoms with van der Waals surface area (Å²) in [5.41, 5.74) is 1.02. The number of nitrogens with zero attached hydrogens (tertiary/aromatic N) is 5. The Hall–Kier alpha value is -2.58. The second kappa shape index (κ2) is 10.2. The number of rotatable bonds is 8. The number of carbonyl (C=O) groups excluding carboxylic acids is 1. The van der Waals surface area contributed by atoms with Gasteiger partial charge in [0.15, 0.2) is 11.0 Å². The van der Waals surface area contributed by atoms with Crippen LogP contribution in [0.15, 0.2) is 58.3 Å².